The topological polar surface area (TPSA) is 211 Å². The van der Waals surface area contributed by atoms with E-state index in [9.17, 15) is 43.8 Å². The zero-order valence-electron chi connectivity index (χ0n) is 34.5. The maximum atomic E-state index is 13.3. The summed E-state index contributed by atoms with van der Waals surface area (Å²) < 4.78 is 0. The van der Waals surface area contributed by atoms with Crippen LogP contribution in [-0.2, 0) is 40.0 Å². The van der Waals surface area contributed by atoms with Crippen LogP contribution in [-0.4, -0.2) is 93.3 Å². The fourth-order valence-electron chi connectivity index (χ4n) is 7.11. The Kier molecular flexibility index (Phi) is 23.9. The summed E-state index contributed by atoms with van der Waals surface area (Å²) in [6.45, 7) is 5.36. The van der Waals surface area contributed by atoms with Gasteiger partial charge in [-0.15, -0.1) is 0 Å². The third-order valence-corrected chi connectivity index (χ3v) is 10.5. The van der Waals surface area contributed by atoms with E-state index in [1.165, 1.54) is 89.4 Å². The summed E-state index contributed by atoms with van der Waals surface area (Å²) in [5.74, 6) is -5.22. The molecular weight excluding hydrogens is 730 g/mol. The molecule has 2 rings (SSSR count). The Morgan fingerprint density at radius 3 is 1.72 bits per heavy atom. The summed E-state index contributed by atoms with van der Waals surface area (Å²) >= 11 is 0. The van der Waals surface area contributed by atoms with E-state index in [0.717, 1.165) is 24.8 Å². The average Bonchev–Trinajstić information content (AvgIpc) is 3.68. The molecule has 14 nitrogen and oxygen atoms in total. The molecule has 320 valence electrons. The van der Waals surface area contributed by atoms with Crippen LogP contribution in [0.3, 0.4) is 0 Å². The van der Waals surface area contributed by atoms with E-state index in [-0.39, 0.29) is 38.1 Å². The third kappa shape index (κ3) is 20.0. The third-order valence-electron chi connectivity index (χ3n) is 10.5. The molecule has 1 aliphatic rings. The lowest BCUT2D eigenvalue weighted by atomic mass is 10.0. The maximum absolute atomic E-state index is 13.3. The van der Waals surface area contributed by atoms with Crippen molar-refractivity contribution in [2.75, 3.05) is 6.54 Å². The number of hydrogen-bond acceptors (Lipinski definition) is 7. The molecular formula is C43H69N5O9. The SMILES string of the molecule is CCCCCCCCCCCCCCCCCC(=O)N[C@@H](CCC(=O)N[C@@H](C)C(=O)N[C@@H](C)C(=O)N1CCC[C@H]1C(=O)N[C@@H](Cc1ccccc1)C(=O)O)C(=O)O. The summed E-state index contributed by atoms with van der Waals surface area (Å²) in [4.78, 5) is 89.5. The Bertz CT molecular complexity index is 1410. The minimum Gasteiger partial charge on any atom is -0.480 e. The summed E-state index contributed by atoms with van der Waals surface area (Å²) in [6.07, 6.45) is 18.8. The molecule has 0 radical (unpaired) electrons. The first kappa shape index (κ1) is 48.7. The van der Waals surface area contributed by atoms with Gasteiger partial charge in [-0.25, -0.2) is 9.59 Å². The number of carboxylic acids is 2. The number of unbranched alkanes of at least 4 members (excludes halogenated alkanes) is 14. The van der Waals surface area contributed by atoms with Gasteiger partial charge in [-0.1, -0.05) is 127 Å². The van der Waals surface area contributed by atoms with Crippen molar-refractivity contribution in [3.05, 3.63) is 35.9 Å². The molecule has 6 N–H and O–H groups in total. The van der Waals surface area contributed by atoms with Crippen molar-refractivity contribution < 1.29 is 43.8 Å². The molecule has 1 saturated heterocycles. The van der Waals surface area contributed by atoms with Gasteiger partial charge in [-0.2, -0.15) is 0 Å². The van der Waals surface area contributed by atoms with E-state index in [1.807, 2.05) is 0 Å². The fraction of sp³-hybridized carbons (Fsp3) is 0.698. The Balaban J connectivity index is 1.66. The number of carbonyl (C=O) groups excluding carboxylic acids is 5. The number of rotatable bonds is 30. The predicted molar refractivity (Wildman–Crippen MR) is 218 cm³/mol. The van der Waals surface area contributed by atoms with Crippen molar-refractivity contribution in [2.24, 2.45) is 0 Å². The van der Waals surface area contributed by atoms with E-state index in [2.05, 4.69) is 28.2 Å². The van der Waals surface area contributed by atoms with Crippen molar-refractivity contribution in [1.29, 1.82) is 0 Å². The van der Waals surface area contributed by atoms with Crippen LogP contribution in [0.2, 0.25) is 0 Å². The average molecular weight is 800 g/mol. The highest BCUT2D eigenvalue weighted by Gasteiger charge is 2.38. The Hall–Kier alpha value is -4.49. The van der Waals surface area contributed by atoms with Gasteiger partial charge in [0.05, 0.1) is 0 Å². The fourth-order valence-corrected chi connectivity index (χ4v) is 7.11. The number of carbonyl (C=O) groups is 7. The number of hydrogen-bond donors (Lipinski definition) is 6. The van der Waals surface area contributed by atoms with Gasteiger partial charge >= 0.3 is 11.9 Å². The monoisotopic (exact) mass is 800 g/mol. The van der Waals surface area contributed by atoms with Gasteiger partial charge < -0.3 is 36.4 Å². The molecule has 0 saturated carbocycles. The molecule has 1 heterocycles. The molecule has 0 bridgehead atoms. The Morgan fingerprint density at radius 2 is 1.18 bits per heavy atom. The minimum absolute atomic E-state index is 0.0733. The molecule has 5 amide bonds. The quantitative estimate of drug-likeness (QED) is 0.0549. The Labute approximate surface area is 339 Å². The van der Waals surface area contributed by atoms with Crippen LogP contribution in [0.5, 0.6) is 0 Å². The lowest BCUT2D eigenvalue weighted by Crippen LogP contribution is -2.56. The van der Waals surface area contributed by atoms with Gasteiger partial charge in [0.1, 0.15) is 30.2 Å². The highest BCUT2D eigenvalue weighted by Crippen LogP contribution is 2.20. The first-order valence-electron chi connectivity index (χ1n) is 21.3. The second-order valence-corrected chi connectivity index (χ2v) is 15.5. The number of benzene rings is 1. The lowest BCUT2D eigenvalue weighted by molar-refractivity contribution is -0.144. The van der Waals surface area contributed by atoms with Gasteiger partial charge in [-0.3, -0.25) is 24.0 Å². The number of nitrogens with one attached hydrogen (secondary N) is 4. The molecule has 0 aliphatic carbocycles. The largest absolute Gasteiger partial charge is 0.480 e. The summed E-state index contributed by atoms with van der Waals surface area (Å²) in [6, 6.07) is 3.40. The molecule has 0 spiro atoms. The molecule has 57 heavy (non-hydrogen) atoms. The maximum Gasteiger partial charge on any atom is 0.326 e. The van der Waals surface area contributed by atoms with Crippen molar-refractivity contribution in [2.45, 2.75) is 186 Å². The van der Waals surface area contributed by atoms with Gasteiger partial charge in [0.15, 0.2) is 0 Å². The van der Waals surface area contributed by atoms with Crippen LogP contribution >= 0.6 is 0 Å². The summed E-state index contributed by atoms with van der Waals surface area (Å²) in [5, 5.41) is 29.4. The van der Waals surface area contributed by atoms with Crippen LogP contribution in [0, 0.1) is 0 Å². The molecule has 1 aliphatic heterocycles. The van der Waals surface area contributed by atoms with Crippen LogP contribution in [0.25, 0.3) is 0 Å². The van der Waals surface area contributed by atoms with Crippen molar-refractivity contribution in [3.63, 3.8) is 0 Å². The molecule has 14 heteroatoms. The molecule has 1 fully saturated rings. The van der Waals surface area contributed by atoms with Crippen molar-refractivity contribution in [3.8, 4) is 0 Å². The normalized spacial score (nSPS) is 15.8. The van der Waals surface area contributed by atoms with E-state index in [4.69, 9.17) is 0 Å². The number of nitrogens with zero attached hydrogens (tertiary/aromatic N) is 1. The van der Waals surface area contributed by atoms with Crippen LogP contribution in [0.1, 0.15) is 155 Å². The Morgan fingerprint density at radius 1 is 0.649 bits per heavy atom. The van der Waals surface area contributed by atoms with Crippen LogP contribution < -0.4 is 21.3 Å². The lowest BCUT2D eigenvalue weighted by Gasteiger charge is -2.28. The van der Waals surface area contributed by atoms with Crippen LogP contribution in [0.15, 0.2) is 30.3 Å². The summed E-state index contributed by atoms with van der Waals surface area (Å²) in [5.41, 5.74) is 0.733. The first-order valence-corrected chi connectivity index (χ1v) is 21.3. The minimum atomic E-state index is -1.26. The van der Waals surface area contributed by atoms with E-state index in [1.54, 1.807) is 30.3 Å². The zero-order chi connectivity index (χ0) is 42.0. The smallest absolute Gasteiger partial charge is 0.326 e. The molecule has 5 atom stereocenters. The number of carboxylic acid groups (broad SMARTS) is 2. The van der Waals surface area contributed by atoms with E-state index in [0.29, 0.717) is 19.3 Å². The van der Waals surface area contributed by atoms with Gasteiger partial charge in [-0.05, 0) is 45.1 Å². The molecule has 0 unspecified atom stereocenters. The number of amides is 5. The van der Waals surface area contributed by atoms with E-state index < -0.39 is 65.8 Å². The number of likely N-dealkylation sites (tertiary alicyclic amines) is 1. The van der Waals surface area contributed by atoms with Gasteiger partial charge in [0.2, 0.25) is 29.5 Å². The highest BCUT2D eigenvalue weighted by molar-refractivity contribution is 5.95. The number of aliphatic carboxylic acids is 2. The highest BCUT2D eigenvalue weighted by atomic mass is 16.4. The second-order valence-electron chi connectivity index (χ2n) is 15.5. The molecule has 0 aromatic heterocycles. The predicted octanol–water partition coefficient (Wildman–Crippen LogP) is 5.41. The summed E-state index contributed by atoms with van der Waals surface area (Å²) in [7, 11) is 0. The van der Waals surface area contributed by atoms with Gasteiger partial charge in [0, 0.05) is 25.8 Å². The molecule has 1 aromatic carbocycles. The molecule has 1 aromatic rings. The van der Waals surface area contributed by atoms with Gasteiger partial charge in [0.25, 0.3) is 0 Å². The van der Waals surface area contributed by atoms with Crippen molar-refractivity contribution >= 4 is 41.5 Å². The van der Waals surface area contributed by atoms with Crippen LogP contribution in [0.4, 0.5) is 0 Å². The van der Waals surface area contributed by atoms with Crippen molar-refractivity contribution in [1.82, 2.24) is 26.2 Å². The second kappa shape index (κ2) is 28.0. The standard InChI is InChI=1S/C43H69N5O9/c1-4-5-6-7-8-9-10-11-12-13-14-15-16-17-21-26-37(49)46-34(42(54)55)27-28-38(50)44-31(2)39(51)45-32(3)41(53)48-29-22-25-36(48)40(52)47-35(43(56)57)30-33-23-19-18-20-24-33/h18-20,23-24,31-32,34-36H,4-17,21-22,25-30H2,1-3H3,(H,44,50)(H,45,51)(H,46,49)(H,47,52)(H,54,55)(H,56,57)/t31-,32-,34-,35-,36-/m0/s1. The zero-order valence-corrected chi connectivity index (χ0v) is 34.5. The first-order chi connectivity index (χ1) is 27.3. The van der Waals surface area contributed by atoms with E-state index >= 15 is 0 Å².